The molecular weight excluding hydrogens is 324 g/mol. The van der Waals surface area contributed by atoms with E-state index < -0.39 is 23.7 Å². The van der Waals surface area contributed by atoms with Crippen molar-refractivity contribution < 1.29 is 13.6 Å². The maximum atomic E-state index is 13.7. The van der Waals surface area contributed by atoms with Crippen LogP contribution in [-0.2, 0) is 4.79 Å². The Balaban J connectivity index is 1.58. The largest absolute Gasteiger partial charge is 0.340 e. The minimum Gasteiger partial charge on any atom is -0.340 e. The molecule has 2 aromatic rings. The zero-order valence-electron chi connectivity index (χ0n) is 14.1. The number of halogens is 2. The molecule has 2 aliphatic rings. The summed E-state index contributed by atoms with van der Waals surface area (Å²) in [7, 11) is 0. The van der Waals surface area contributed by atoms with Crippen molar-refractivity contribution in [3.63, 3.8) is 0 Å². The molecule has 0 radical (unpaired) electrons. The minimum absolute atomic E-state index is 0.248. The van der Waals surface area contributed by atoms with Gasteiger partial charge in [-0.15, -0.1) is 0 Å². The molecule has 4 rings (SSSR count). The van der Waals surface area contributed by atoms with Gasteiger partial charge in [-0.05, 0) is 24.8 Å². The third-order valence-electron chi connectivity index (χ3n) is 5.46. The third-order valence-corrected chi connectivity index (χ3v) is 5.46. The van der Waals surface area contributed by atoms with E-state index in [4.69, 9.17) is 0 Å². The van der Waals surface area contributed by atoms with Gasteiger partial charge in [0.1, 0.15) is 11.7 Å². The van der Waals surface area contributed by atoms with Crippen molar-refractivity contribution in [1.82, 2.24) is 14.9 Å². The van der Waals surface area contributed by atoms with Crippen LogP contribution in [0, 0.1) is 11.8 Å². The molecule has 1 amide bonds. The number of H-pyrrole nitrogens is 1. The first-order valence-corrected chi connectivity index (χ1v) is 8.78. The molecule has 2 heterocycles. The van der Waals surface area contributed by atoms with E-state index in [-0.39, 0.29) is 6.04 Å². The van der Waals surface area contributed by atoms with E-state index in [0.717, 1.165) is 30.5 Å². The fourth-order valence-electron chi connectivity index (χ4n) is 3.79. The number of carbonyl (C=O) groups excluding carboxylic acids is 1. The van der Waals surface area contributed by atoms with Crippen LogP contribution in [-0.4, -0.2) is 33.2 Å². The summed E-state index contributed by atoms with van der Waals surface area (Å²) < 4.78 is 27.4. The van der Waals surface area contributed by atoms with Crippen LogP contribution in [0.1, 0.15) is 38.1 Å². The van der Waals surface area contributed by atoms with Crippen molar-refractivity contribution in [3.8, 4) is 11.3 Å². The summed E-state index contributed by atoms with van der Waals surface area (Å²) in [5.41, 5.74) is 1.89. The zero-order chi connectivity index (χ0) is 17.6. The first-order chi connectivity index (χ1) is 12.0. The van der Waals surface area contributed by atoms with E-state index in [1.54, 1.807) is 11.1 Å². The van der Waals surface area contributed by atoms with Gasteiger partial charge in [-0.25, -0.2) is 13.8 Å². The van der Waals surface area contributed by atoms with Crippen LogP contribution in [0.4, 0.5) is 8.78 Å². The van der Waals surface area contributed by atoms with Crippen molar-refractivity contribution in [3.05, 3.63) is 42.4 Å². The predicted octanol–water partition coefficient (Wildman–Crippen LogP) is 4.03. The summed E-state index contributed by atoms with van der Waals surface area (Å²) in [4.78, 5) is 22.0. The van der Waals surface area contributed by atoms with Gasteiger partial charge in [-0.3, -0.25) is 4.79 Å². The lowest BCUT2D eigenvalue weighted by Crippen LogP contribution is -2.40. The molecule has 1 aromatic carbocycles. The zero-order valence-corrected chi connectivity index (χ0v) is 14.1. The molecule has 2 fully saturated rings. The number of piperidine rings is 1. The van der Waals surface area contributed by atoms with Crippen molar-refractivity contribution in [1.29, 1.82) is 0 Å². The summed E-state index contributed by atoms with van der Waals surface area (Å²) >= 11 is 0. The fourth-order valence-corrected chi connectivity index (χ4v) is 3.79. The van der Waals surface area contributed by atoms with E-state index in [0.29, 0.717) is 12.4 Å². The van der Waals surface area contributed by atoms with Gasteiger partial charge in [0.15, 0.2) is 0 Å². The molecule has 0 spiro atoms. The van der Waals surface area contributed by atoms with Crippen LogP contribution in [0.25, 0.3) is 11.3 Å². The first-order valence-electron chi connectivity index (χ1n) is 8.78. The Hall–Kier alpha value is -2.24. The molecular formula is C19H21F2N3O. The smallest absolute Gasteiger partial charge is 0.263 e. The van der Waals surface area contributed by atoms with Crippen LogP contribution >= 0.6 is 0 Å². The highest BCUT2D eigenvalue weighted by molar-refractivity contribution is 5.84. The lowest BCUT2D eigenvalue weighted by atomic mass is 10.0. The summed E-state index contributed by atoms with van der Waals surface area (Å²) in [6.07, 6.45) is 4.31. The van der Waals surface area contributed by atoms with E-state index in [2.05, 4.69) is 9.97 Å². The summed E-state index contributed by atoms with van der Waals surface area (Å²) in [5.74, 6) is -4.64. The molecule has 1 aromatic heterocycles. The van der Waals surface area contributed by atoms with E-state index in [1.807, 2.05) is 30.3 Å². The Morgan fingerprint density at radius 3 is 2.68 bits per heavy atom. The normalized spacial score (nSPS) is 28.0. The number of hydrogen-bond acceptors (Lipinski definition) is 2. The number of nitrogens with zero attached hydrogens (tertiary/aromatic N) is 2. The van der Waals surface area contributed by atoms with Crippen LogP contribution in [0.2, 0.25) is 0 Å². The number of imidazole rings is 1. The molecule has 1 saturated heterocycles. The van der Waals surface area contributed by atoms with Gasteiger partial charge in [-0.1, -0.05) is 37.3 Å². The number of nitrogens with one attached hydrogen (secondary N) is 1. The van der Waals surface area contributed by atoms with E-state index in [1.165, 1.54) is 6.92 Å². The maximum absolute atomic E-state index is 13.7. The van der Waals surface area contributed by atoms with Gasteiger partial charge in [-0.2, -0.15) is 0 Å². The molecule has 1 saturated carbocycles. The molecule has 1 N–H and O–H groups in total. The summed E-state index contributed by atoms with van der Waals surface area (Å²) in [6.45, 7) is 1.96. The molecule has 1 aliphatic carbocycles. The standard InChI is InChI=1S/C19H21F2N3O/c1-12-16(19(12,20)21)18(25)24-10-6-5-9-15(24)17-22-11-14(23-17)13-7-3-2-4-8-13/h2-4,7-8,11-12,15-16H,5-6,9-10H2,1H3,(H,22,23)/t12-,15+,16-/m1/s1. The second-order valence-electron chi connectivity index (χ2n) is 7.03. The molecule has 3 atom stereocenters. The van der Waals surface area contributed by atoms with Crippen molar-refractivity contribution in [2.75, 3.05) is 6.54 Å². The SMILES string of the molecule is C[C@@H]1[C@H](C(=O)N2CCCC[C@H]2c2ncc(-c3ccccc3)[nH]2)C1(F)F. The Morgan fingerprint density at radius 1 is 1.28 bits per heavy atom. The predicted molar refractivity (Wildman–Crippen MR) is 89.9 cm³/mol. The van der Waals surface area contributed by atoms with E-state index in [9.17, 15) is 13.6 Å². The molecule has 1 aliphatic heterocycles. The lowest BCUT2D eigenvalue weighted by Gasteiger charge is -2.34. The lowest BCUT2D eigenvalue weighted by molar-refractivity contribution is -0.139. The number of amides is 1. The molecule has 132 valence electrons. The van der Waals surface area contributed by atoms with E-state index >= 15 is 0 Å². The first kappa shape index (κ1) is 16.2. The monoisotopic (exact) mass is 345 g/mol. The van der Waals surface area contributed by atoms with Crippen LogP contribution in [0.3, 0.4) is 0 Å². The number of hydrogen-bond donors (Lipinski definition) is 1. The molecule has 0 bridgehead atoms. The van der Waals surface area contributed by atoms with Crippen LogP contribution < -0.4 is 0 Å². The Morgan fingerprint density at radius 2 is 2.00 bits per heavy atom. The number of benzene rings is 1. The Labute approximate surface area is 145 Å². The number of rotatable bonds is 3. The van der Waals surface area contributed by atoms with Crippen molar-refractivity contribution >= 4 is 5.91 Å². The Kier molecular flexibility index (Phi) is 3.85. The fraction of sp³-hybridized carbons (Fsp3) is 0.474. The number of alkyl halides is 2. The Bertz CT molecular complexity index is 774. The maximum Gasteiger partial charge on any atom is 0.263 e. The van der Waals surface area contributed by atoms with Gasteiger partial charge in [0.2, 0.25) is 5.91 Å². The number of aromatic amines is 1. The van der Waals surface area contributed by atoms with Gasteiger partial charge in [0.05, 0.1) is 17.9 Å². The average molecular weight is 345 g/mol. The summed E-state index contributed by atoms with van der Waals surface area (Å²) in [5, 5.41) is 0. The number of likely N-dealkylation sites (tertiary alicyclic amines) is 1. The quantitative estimate of drug-likeness (QED) is 0.913. The van der Waals surface area contributed by atoms with Crippen molar-refractivity contribution in [2.24, 2.45) is 11.8 Å². The minimum atomic E-state index is -2.86. The van der Waals surface area contributed by atoms with Gasteiger partial charge < -0.3 is 9.88 Å². The summed E-state index contributed by atoms with van der Waals surface area (Å²) in [6, 6.07) is 9.55. The number of aromatic nitrogens is 2. The van der Waals surface area contributed by atoms with Gasteiger partial charge in [0, 0.05) is 12.5 Å². The van der Waals surface area contributed by atoms with Crippen LogP contribution in [0.5, 0.6) is 0 Å². The third kappa shape index (κ3) is 2.73. The average Bonchev–Trinajstić information content (AvgIpc) is 2.99. The highest BCUT2D eigenvalue weighted by Crippen LogP contribution is 2.56. The molecule has 6 heteroatoms. The van der Waals surface area contributed by atoms with Crippen LogP contribution in [0.15, 0.2) is 36.5 Å². The topological polar surface area (TPSA) is 49.0 Å². The van der Waals surface area contributed by atoms with Crippen molar-refractivity contribution in [2.45, 2.75) is 38.2 Å². The van der Waals surface area contributed by atoms with Gasteiger partial charge in [0.25, 0.3) is 5.92 Å². The highest BCUT2D eigenvalue weighted by atomic mass is 19.3. The van der Waals surface area contributed by atoms with Gasteiger partial charge >= 0.3 is 0 Å². The molecule has 4 nitrogen and oxygen atoms in total. The highest BCUT2D eigenvalue weighted by Gasteiger charge is 2.70. The molecule has 0 unspecified atom stereocenters. The second-order valence-corrected chi connectivity index (χ2v) is 7.03. The molecule has 25 heavy (non-hydrogen) atoms. The number of carbonyl (C=O) groups is 1. The second kappa shape index (κ2) is 5.93.